The highest BCUT2D eigenvalue weighted by atomic mass is 127. The Kier molecular flexibility index (Phi) is 10.4. The molecule has 22 heteroatoms. The van der Waals surface area contributed by atoms with E-state index in [9.17, 15) is 84.2 Å². The van der Waals surface area contributed by atoms with E-state index in [1.165, 1.54) is 0 Å². The van der Waals surface area contributed by atoms with Crippen LogP contribution in [0.5, 0.6) is 0 Å². The van der Waals surface area contributed by atoms with Gasteiger partial charge < -0.3 is 9.47 Å². The van der Waals surface area contributed by atoms with E-state index in [0.29, 0.717) is 14.2 Å². The molecule has 2 atom stereocenters. The molecule has 2 unspecified atom stereocenters. The van der Waals surface area contributed by atoms with E-state index in [-0.39, 0.29) is 0 Å². The quantitative estimate of drug-likeness (QED) is 0.0997. The highest BCUT2D eigenvalue weighted by Crippen LogP contribution is 2.64. The number of methoxy groups -OCH3 is 2. The number of rotatable bonds is 12. The number of hydrogen-bond donors (Lipinski definition) is 0. The van der Waals surface area contributed by atoms with Crippen molar-refractivity contribution in [2.24, 2.45) is 5.92 Å². The molecule has 38 heavy (non-hydrogen) atoms. The van der Waals surface area contributed by atoms with E-state index < -0.39 is 82.3 Å². The Morgan fingerprint density at radius 3 is 1.21 bits per heavy atom. The fourth-order valence-electron chi connectivity index (χ4n) is 2.54. The number of carbonyl (C=O) groups excluding carboxylic acids is 2. The van der Waals surface area contributed by atoms with Crippen LogP contribution in [-0.4, -0.2) is 77.7 Å². The molecule has 0 radical (unpaired) electrons. The van der Waals surface area contributed by atoms with Crippen molar-refractivity contribution in [2.75, 3.05) is 14.2 Å². The standard InChI is InChI=1S/C16H12F17IO4/c1-37-7(35)5(3-6(34)8(36)38-2)4-9(17,18)10(19,20)11(21,22)12(23,24)13(25,26)14(27,28)15(29,30)16(31,32)33/h5-6H,3-4H2,1-2H3. The molecule has 226 valence electrons. The van der Waals surface area contributed by atoms with Gasteiger partial charge in [-0.25, -0.2) is 0 Å². The van der Waals surface area contributed by atoms with Crippen molar-refractivity contribution in [1.29, 1.82) is 0 Å². The lowest BCUT2D eigenvalue weighted by atomic mass is 9.85. The summed E-state index contributed by atoms with van der Waals surface area (Å²) in [6.07, 6.45) is -12.2. The first-order valence-corrected chi connectivity index (χ1v) is 10.2. The molecule has 0 saturated carbocycles. The molecular weight excluding hydrogens is 706 g/mol. The number of halogens is 18. The average molecular weight is 718 g/mol. The van der Waals surface area contributed by atoms with Crippen molar-refractivity contribution in [3.63, 3.8) is 0 Å². The van der Waals surface area contributed by atoms with Crippen LogP contribution in [0.15, 0.2) is 0 Å². The van der Waals surface area contributed by atoms with E-state index in [1.54, 1.807) is 0 Å². The molecule has 0 aliphatic heterocycles. The van der Waals surface area contributed by atoms with Gasteiger partial charge in [-0.05, 0) is 6.42 Å². The van der Waals surface area contributed by atoms with Crippen molar-refractivity contribution in [3.8, 4) is 0 Å². The molecule has 0 fully saturated rings. The molecule has 0 aliphatic carbocycles. The van der Waals surface area contributed by atoms with Gasteiger partial charge in [0.25, 0.3) is 0 Å². The number of esters is 2. The summed E-state index contributed by atoms with van der Waals surface area (Å²) in [5, 5.41) is 0. The zero-order valence-electron chi connectivity index (χ0n) is 18.0. The molecule has 0 bridgehead atoms. The van der Waals surface area contributed by atoms with Crippen LogP contribution in [0.2, 0.25) is 0 Å². The van der Waals surface area contributed by atoms with Crippen LogP contribution >= 0.6 is 22.6 Å². The van der Waals surface area contributed by atoms with Gasteiger partial charge in [-0.15, -0.1) is 0 Å². The van der Waals surface area contributed by atoms with Crippen molar-refractivity contribution in [3.05, 3.63) is 0 Å². The predicted octanol–water partition coefficient (Wildman–Crippen LogP) is 6.54. The number of hydrogen-bond acceptors (Lipinski definition) is 4. The second kappa shape index (κ2) is 10.8. The summed E-state index contributed by atoms with van der Waals surface area (Å²) in [6, 6.07) is 0. The third-order valence-corrected chi connectivity index (χ3v) is 5.79. The largest absolute Gasteiger partial charge is 0.469 e. The SMILES string of the molecule is COC(=O)C(I)CC(CC(F)(F)C(F)(F)C(F)(F)C(F)(F)C(F)(F)C(F)(F)C(F)(F)C(F)(F)F)C(=O)OC. The number of ether oxygens (including phenoxy) is 2. The van der Waals surface area contributed by atoms with E-state index in [0.717, 1.165) is 22.6 Å². The smallest absolute Gasteiger partial charge is 0.460 e. The molecule has 0 aromatic carbocycles. The average Bonchev–Trinajstić information content (AvgIpc) is 2.75. The summed E-state index contributed by atoms with van der Waals surface area (Å²) < 4.78 is 233. The van der Waals surface area contributed by atoms with Gasteiger partial charge in [0, 0.05) is 6.42 Å². The monoisotopic (exact) mass is 718 g/mol. The van der Waals surface area contributed by atoms with Gasteiger partial charge in [-0.1, -0.05) is 22.6 Å². The summed E-state index contributed by atoms with van der Waals surface area (Å²) in [6.45, 7) is 0. The highest BCUT2D eigenvalue weighted by Gasteiger charge is 2.95. The minimum atomic E-state index is -8.75. The minimum absolute atomic E-state index is 0.387. The molecule has 0 heterocycles. The number of alkyl halides is 18. The van der Waals surface area contributed by atoms with Gasteiger partial charge in [0.2, 0.25) is 0 Å². The first-order valence-electron chi connectivity index (χ1n) is 8.97. The molecule has 4 nitrogen and oxygen atoms in total. The molecule has 0 rings (SSSR count). The summed E-state index contributed by atoms with van der Waals surface area (Å²) in [4.78, 5) is 22.9. The topological polar surface area (TPSA) is 52.6 Å². The highest BCUT2D eigenvalue weighted by molar-refractivity contribution is 14.1. The van der Waals surface area contributed by atoms with Gasteiger partial charge in [-0.2, -0.15) is 74.6 Å². The molecular formula is C16H12F17IO4. The zero-order valence-corrected chi connectivity index (χ0v) is 20.2. The fourth-order valence-corrected chi connectivity index (χ4v) is 3.41. The Balaban J connectivity index is 6.72. The molecule has 0 saturated heterocycles. The van der Waals surface area contributed by atoms with Crippen LogP contribution in [0.4, 0.5) is 74.6 Å². The molecule has 0 aromatic rings. The third-order valence-electron chi connectivity index (χ3n) is 4.77. The van der Waals surface area contributed by atoms with Crippen molar-refractivity contribution >= 4 is 34.5 Å². The Labute approximate surface area is 213 Å². The molecule has 0 amide bonds. The van der Waals surface area contributed by atoms with Gasteiger partial charge in [-0.3, -0.25) is 9.59 Å². The lowest BCUT2D eigenvalue weighted by Gasteiger charge is -2.43. The van der Waals surface area contributed by atoms with Crippen molar-refractivity contribution in [2.45, 2.75) is 64.4 Å². The summed E-state index contributed by atoms with van der Waals surface area (Å²) in [7, 11) is 1.07. The summed E-state index contributed by atoms with van der Waals surface area (Å²) >= 11 is 1.04. The first-order chi connectivity index (χ1) is 16.5. The maximum absolute atomic E-state index is 14.2. The van der Waals surface area contributed by atoms with Crippen LogP contribution in [-0.2, 0) is 19.1 Å². The minimum Gasteiger partial charge on any atom is -0.469 e. The van der Waals surface area contributed by atoms with Crippen LogP contribution in [0.1, 0.15) is 12.8 Å². The second-order valence-corrected chi connectivity index (χ2v) is 8.80. The van der Waals surface area contributed by atoms with Crippen molar-refractivity contribution in [1.82, 2.24) is 0 Å². The van der Waals surface area contributed by atoms with E-state index >= 15 is 0 Å². The Bertz CT molecular complexity index is 871. The summed E-state index contributed by atoms with van der Waals surface area (Å²) in [5.41, 5.74) is 0. The van der Waals surface area contributed by atoms with Gasteiger partial charge in [0.15, 0.2) is 0 Å². The third kappa shape index (κ3) is 5.68. The van der Waals surface area contributed by atoms with E-state index in [1.807, 2.05) is 0 Å². The lowest BCUT2D eigenvalue weighted by molar-refractivity contribution is -0.462. The molecule has 0 aromatic heterocycles. The van der Waals surface area contributed by atoms with Crippen LogP contribution in [0.3, 0.4) is 0 Å². The molecule has 0 spiro atoms. The molecule has 0 N–H and O–H groups in total. The predicted molar refractivity (Wildman–Crippen MR) is 95.2 cm³/mol. The van der Waals surface area contributed by atoms with Crippen molar-refractivity contribution < 1.29 is 93.7 Å². The summed E-state index contributed by atoms with van der Waals surface area (Å²) in [5.74, 6) is -63.7. The maximum Gasteiger partial charge on any atom is 0.460 e. The second-order valence-electron chi connectivity index (χ2n) is 7.30. The van der Waals surface area contributed by atoms with Crippen LogP contribution in [0.25, 0.3) is 0 Å². The number of carbonyl (C=O) groups is 2. The van der Waals surface area contributed by atoms with E-state index in [2.05, 4.69) is 9.47 Å². The molecule has 0 aliphatic rings. The van der Waals surface area contributed by atoms with E-state index in [4.69, 9.17) is 0 Å². The Hall–Kier alpha value is -1.52. The Morgan fingerprint density at radius 1 is 0.579 bits per heavy atom. The fraction of sp³-hybridized carbons (Fsp3) is 0.875. The van der Waals surface area contributed by atoms with Gasteiger partial charge >= 0.3 is 59.6 Å². The zero-order chi connectivity index (χ0) is 31.1. The van der Waals surface area contributed by atoms with Gasteiger partial charge in [0.1, 0.15) is 3.92 Å². The van der Waals surface area contributed by atoms with Crippen LogP contribution < -0.4 is 0 Å². The normalized spacial score (nSPS) is 16.6. The first kappa shape index (κ1) is 36.5. The van der Waals surface area contributed by atoms with Gasteiger partial charge in [0.05, 0.1) is 20.1 Å². The Morgan fingerprint density at radius 2 is 0.895 bits per heavy atom. The van der Waals surface area contributed by atoms with Crippen LogP contribution in [0, 0.1) is 5.92 Å². The maximum atomic E-state index is 14.2. The lowest BCUT2D eigenvalue weighted by Crippen LogP contribution is -2.74.